The van der Waals surface area contributed by atoms with Crippen LogP contribution in [0.1, 0.15) is 91.4 Å². The van der Waals surface area contributed by atoms with Gasteiger partial charge in [0.15, 0.2) is 0 Å². The van der Waals surface area contributed by atoms with Crippen molar-refractivity contribution >= 4 is 12.0 Å². The molecule has 5 nitrogen and oxygen atoms in total. The minimum atomic E-state index is -0.251. The molecule has 2 amide bonds. The van der Waals surface area contributed by atoms with E-state index in [0.717, 1.165) is 70.8 Å². The van der Waals surface area contributed by atoms with Gasteiger partial charge in [-0.05, 0) is 63.7 Å². The van der Waals surface area contributed by atoms with Crippen LogP contribution in [0.5, 0.6) is 0 Å². The van der Waals surface area contributed by atoms with E-state index < -0.39 is 0 Å². The summed E-state index contributed by atoms with van der Waals surface area (Å²) < 4.78 is 6.00. The van der Waals surface area contributed by atoms with Crippen LogP contribution < -0.4 is 5.32 Å². The van der Waals surface area contributed by atoms with E-state index in [1.165, 1.54) is 0 Å². The van der Waals surface area contributed by atoms with Gasteiger partial charge < -0.3 is 15.0 Å². The molecule has 0 aromatic carbocycles. The zero-order chi connectivity index (χ0) is 19.4. The van der Waals surface area contributed by atoms with E-state index in [-0.39, 0.29) is 23.8 Å². The lowest BCUT2D eigenvalue weighted by atomic mass is 9.62. The lowest BCUT2D eigenvalue weighted by molar-refractivity contribution is -0.141. The Morgan fingerprint density at radius 1 is 1.22 bits per heavy atom. The molecular weight excluding hydrogens is 340 g/mol. The van der Waals surface area contributed by atoms with Gasteiger partial charge >= 0.3 is 6.09 Å². The zero-order valence-corrected chi connectivity index (χ0v) is 17.5. The second-order valence-corrected chi connectivity index (χ2v) is 8.84. The summed E-state index contributed by atoms with van der Waals surface area (Å²) in [4.78, 5) is 27.4. The smallest absolute Gasteiger partial charge is 0.407 e. The molecule has 3 aliphatic rings. The minimum Gasteiger partial charge on any atom is -0.446 e. The number of carbonyl (C=O) groups excluding carboxylic acids is 2. The first kappa shape index (κ1) is 20.5. The Bertz CT molecular complexity index is 534. The van der Waals surface area contributed by atoms with E-state index in [2.05, 4.69) is 31.0 Å². The second kappa shape index (κ2) is 8.83. The van der Waals surface area contributed by atoms with Crippen molar-refractivity contribution in [3.63, 3.8) is 0 Å². The van der Waals surface area contributed by atoms with Crippen LogP contribution in [0.15, 0.2) is 0 Å². The molecule has 1 saturated carbocycles. The Morgan fingerprint density at radius 2 is 2.00 bits per heavy atom. The summed E-state index contributed by atoms with van der Waals surface area (Å²) in [5.74, 6) is 1.21. The minimum absolute atomic E-state index is 0.00871. The zero-order valence-electron chi connectivity index (χ0n) is 17.5. The predicted molar refractivity (Wildman–Crippen MR) is 106 cm³/mol. The lowest BCUT2D eigenvalue weighted by Gasteiger charge is -2.52. The maximum atomic E-state index is 12.7. The summed E-state index contributed by atoms with van der Waals surface area (Å²) in [5, 5.41) is 3.04. The fourth-order valence-corrected chi connectivity index (χ4v) is 6.16. The largest absolute Gasteiger partial charge is 0.446 e. The summed E-state index contributed by atoms with van der Waals surface area (Å²) >= 11 is 0. The van der Waals surface area contributed by atoms with Gasteiger partial charge in [-0.3, -0.25) is 4.79 Å². The Labute approximate surface area is 164 Å². The molecule has 2 aliphatic heterocycles. The molecule has 1 N–H and O–H groups in total. The molecule has 3 rings (SSSR count). The van der Waals surface area contributed by atoms with E-state index in [0.29, 0.717) is 24.2 Å². The van der Waals surface area contributed by atoms with Crippen molar-refractivity contribution in [1.82, 2.24) is 10.2 Å². The van der Waals surface area contributed by atoms with Gasteiger partial charge in [-0.25, -0.2) is 4.79 Å². The predicted octanol–water partition coefficient (Wildman–Crippen LogP) is 4.64. The first-order chi connectivity index (χ1) is 13.1. The van der Waals surface area contributed by atoms with Crippen molar-refractivity contribution in [1.29, 1.82) is 0 Å². The molecular formula is C22H38N2O3. The lowest BCUT2D eigenvalue weighted by Crippen LogP contribution is -2.58. The van der Waals surface area contributed by atoms with Crippen molar-refractivity contribution in [3.8, 4) is 0 Å². The summed E-state index contributed by atoms with van der Waals surface area (Å²) in [6.07, 6.45) is 10.7. The van der Waals surface area contributed by atoms with E-state index in [9.17, 15) is 9.59 Å². The highest BCUT2D eigenvalue weighted by molar-refractivity contribution is 5.78. The SMILES string of the molecule is CCC[C@H]1[C@@H](OC(=O)NC(CC)CC)CC[C@@]23CCCN2C(=O)CCC[C@@H]13. The number of nitrogens with one attached hydrogen (secondary N) is 1. The van der Waals surface area contributed by atoms with Gasteiger partial charge in [0.05, 0.1) is 0 Å². The van der Waals surface area contributed by atoms with Gasteiger partial charge in [-0.15, -0.1) is 0 Å². The highest BCUT2D eigenvalue weighted by Gasteiger charge is 2.56. The molecule has 27 heavy (non-hydrogen) atoms. The standard InChI is InChI=1S/C22H38N2O3/c1-4-9-17-18-10-7-11-20(25)24-15-8-13-22(18,24)14-12-19(17)27-21(26)23-16(5-2)6-3/h16-19H,4-15H2,1-3H3,(H,23,26)/t17-,18+,19+,22-/m1/s1. The molecule has 0 unspecified atom stereocenters. The van der Waals surface area contributed by atoms with E-state index in [1.807, 2.05) is 0 Å². The number of alkyl carbamates (subject to hydrolysis) is 1. The molecule has 5 heteroatoms. The van der Waals surface area contributed by atoms with Crippen LogP contribution in [0.2, 0.25) is 0 Å². The molecule has 0 aromatic heterocycles. The molecule has 3 fully saturated rings. The van der Waals surface area contributed by atoms with Crippen LogP contribution in [0, 0.1) is 11.8 Å². The van der Waals surface area contributed by atoms with Crippen LogP contribution in [0.25, 0.3) is 0 Å². The molecule has 0 aromatic rings. The maximum absolute atomic E-state index is 12.7. The van der Waals surface area contributed by atoms with Gasteiger partial charge in [-0.2, -0.15) is 0 Å². The summed E-state index contributed by atoms with van der Waals surface area (Å²) in [7, 11) is 0. The Balaban J connectivity index is 1.77. The molecule has 1 spiro atoms. The van der Waals surface area contributed by atoms with Crippen molar-refractivity contribution in [2.45, 2.75) is 109 Å². The topological polar surface area (TPSA) is 58.6 Å². The van der Waals surface area contributed by atoms with Crippen LogP contribution >= 0.6 is 0 Å². The van der Waals surface area contributed by atoms with Crippen LogP contribution in [-0.2, 0) is 9.53 Å². The Morgan fingerprint density at radius 3 is 2.70 bits per heavy atom. The molecule has 2 heterocycles. The quantitative estimate of drug-likeness (QED) is 0.732. The number of hydrogen-bond acceptors (Lipinski definition) is 3. The molecule has 154 valence electrons. The molecule has 0 radical (unpaired) electrons. The first-order valence-corrected chi connectivity index (χ1v) is 11.3. The van der Waals surface area contributed by atoms with Crippen molar-refractivity contribution in [2.24, 2.45) is 11.8 Å². The average Bonchev–Trinajstić information content (AvgIpc) is 3.03. The molecule has 1 aliphatic carbocycles. The van der Waals surface area contributed by atoms with Crippen molar-refractivity contribution in [3.05, 3.63) is 0 Å². The number of amides is 2. The number of ether oxygens (including phenoxy) is 1. The van der Waals surface area contributed by atoms with E-state index in [1.54, 1.807) is 0 Å². The van der Waals surface area contributed by atoms with Crippen molar-refractivity contribution < 1.29 is 14.3 Å². The van der Waals surface area contributed by atoms with Crippen LogP contribution in [0.4, 0.5) is 4.79 Å². The molecule has 0 bridgehead atoms. The fraction of sp³-hybridized carbons (Fsp3) is 0.909. The fourth-order valence-electron chi connectivity index (χ4n) is 6.16. The third-order valence-corrected chi connectivity index (χ3v) is 7.47. The van der Waals surface area contributed by atoms with Gasteiger partial charge in [0.1, 0.15) is 6.10 Å². The summed E-state index contributed by atoms with van der Waals surface area (Å²) in [6, 6.07) is 0.192. The Kier molecular flexibility index (Phi) is 6.69. The highest BCUT2D eigenvalue weighted by atomic mass is 16.6. The highest BCUT2D eigenvalue weighted by Crippen LogP contribution is 2.53. The van der Waals surface area contributed by atoms with E-state index >= 15 is 0 Å². The third-order valence-electron chi connectivity index (χ3n) is 7.47. The molecule has 4 atom stereocenters. The van der Waals surface area contributed by atoms with Gasteiger partial charge in [0.2, 0.25) is 5.91 Å². The number of hydrogen-bond donors (Lipinski definition) is 1. The van der Waals surface area contributed by atoms with Crippen molar-refractivity contribution in [2.75, 3.05) is 6.54 Å². The van der Waals surface area contributed by atoms with Crippen LogP contribution in [-0.4, -0.2) is 41.1 Å². The van der Waals surface area contributed by atoms with Crippen LogP contribution in [0.3, 0.4) is 0 Å². The molecule has 2 saturated heterocycles. The average molecular weight is 379 g/mol. The van der Waals surface area contributed by atoms with Gasteiger partial charge in [0, 0.05) is 30.5 Å². The Hall–Kier alpha value is -1.26. The maximum Gasteiger partial charge on any atom is 0.407 e. The monoisotopic (exact) mass is 378 g/mol. The first-order valence-electron chi connectivity index (χ1n) is 11.3. The number of nitrogens with zero attached hydrogens (tertiary/aromatic N) is 1. The third kappa shape index (κ3) is 3.97. The number of carbonyl (C=O) groups is 2. The normalized spacial score (nSPS) is 33.4. The summed E-state index contributed by atoms with van der Waals surface area (Å²) in [6.45, 7) is 7.33. The number of rotatable bonds is 6. The van der Waals surface area contributed by atoms with Gasteiger partial charge in [0.25, 0.3) is 0 Å². The van der Waals surface area contributed by atoms with Gasteiger partial charge in [-0.1, -0.05) is 27.2 Å². The summed E-state index contributed by atoms with van der Waals surface area (Å²) in [5.41, 5.74) is 0.0408. The van der Waals surface area contributed by atoms with E-state index in [4.69, 9.17) is 4.74 Å². The second-order valence-electron chi connectivity index (χ2n) is 8.84.